The number of nitrogens with one attached hydrogen (secondary N) is 1. The number of rotatable bonds is 5. The van der Waals surface area contributed by atoms with E-state index in [-0.39, 0.29) is 0 Å². The quantitative estimate of drug-likeness (QED) is 0.425. The first kappa shape index (κ1) is 18.1. The molecule has 1 aromatic carbocycles. The van der Waals surface area contributed by atoms with Gasteiger partial charge in [0, 0.05) is 42.3 Å². The Bertz CT molecular complexity index is 1110. The van der Waals surface area contributed by atoms with Crippen LogP contribution in [0.4, 0.5) is 5.13 Å². The number of pyridine rings is 2. The molecule has 0 amide bonds. The lowest BCUT2D eigenvalue weighted by molar-refractivity contribution is 0.462. The molecule has 1 saturated carbocycles. The first-order chi connectivity index (χ1) is 14.3. The van der Waals surface area contributed by atoms with Gasteiger partial charge in [-0.25, -0.2) is 4.98 Å². The van der Waals surface area contributed by atoms with Crippen LogP contribution in [-0.2, 0) is 0 Å². The molecule has 1 aliphatic rings. The van der Waals surface area contributed by atoms with E-state index in [0.29, 0.717) is 6.04 Å². The molecule has 5 rings (SSSR count). The second-order valence-electron chi connectivity index (χ2n) is 7.34. The minimum absolute atomic E-state index is 0.559. The van der Waals surface area contributed by atoms with Gasteiger partial charge >= 0.3 is 0 Å². The van der Waals surface area contributed by atoms with Crippen molar-refractivity contribution in [1.82, 2.24) is 15.0 Å². The Kier molecular flexibility index (Phi) is 5.09. The molecular formula is C23H22N4OS. The van der Waals surface area contributed by atoms with Crippen molar-refractivity contribution in [2.24, 2.45) is 0 Å². The number of hydrogen-bond donors (Lipinski definition) is 1. The van der Waals surface area contributed by atoms with Gasteiger partial charge in [-0.2, -0.15) is 0 Å². The van der Waals surface area contributed by atoms with Gasteiger partial charge < -0.3 is 10.1 Å². The van der Waals surface area contributed by atoms with Gasteiger partial charge in [0.05, 0.1) is 15.9 Å². The van der Waals surface area contributed by atoms with Crippen LogP contribution >= 0.6 is 11.3 Å². The van der Waals surface area contributed by atoms with Crippen molar-refractivity contribution in [3.8, 4) is 22.8 Å². The second-order valence-corrected chi connectivity index (χ2v) is 8.37. The van der Waals surface area contributed by atoms with Gasteiger partial charge in [-0.3, -0.25) is 9.97 Å². The number of anilines is 1. The fourth-order valence-corrected chi connectivity index (χ4v) is 4.71. The minimum Gasteiger partial charge on any atom is -0.457 e. The number of nitrogens with zero attached hydrogens (tertiary/aromatic N) is 3. The van der Waals surface area contributed by atoms with E-state index in [1.165, 1.54) is 32.1 Å². The van der Waals surface area contributed by atoms with E-state index >= 15 is 0 Å². The third kappa shape index (κ3) is 4.22. The Labute approximate surface area is 173 Å². The van der Waals surface area contributed by atoms with Crippen LogP contribution in [0.5, 0.6) is 11.5 Å². The topological polar surface area (TPSA) is 59.9 Å². The van der Waals surface area contributed by atoms with Crippen LogP contribution in [0.1, 0.15) is 32.1 Å². The highest BCUT2D eigenvalue weighted by Gasteiger charge is 2.15. The van der Waals surface area contributed by atoms with Crippen LogP contribution in [0.2, 0.25) is 0 Å². The maximum atomic E-state index is 6.11. The molecule has 3 aromatic heterocycles. The molecule has 0 unspecified atom stereocenters. The zero-order valence-electron chi connectivity index (χ0n) is 16.0. The highest BCUT2D eigenvalue weighted by Crippen LogP contribution is 2.33. The highest BCUT2D eigenvalue weighted by atomic mass is 32.1. The molecular weight excluding hydrogens is 380 g/mol. The molecule has 0 saturated heterocycles. The summed E-state index contributed by atoms with van der Waals surface area (Å²) in [4.78, 5) is 13.2. The minimum atomic E-state index is 0.559. The summed E-state index contributed by atoms with van der Waals surface area (Å²) in [6.45, 7) is 0. The smallest absolute Gasteiger partial charge is 0.184 e. The average molecular weight is 403 g/mol. The maximum Gasteiger partial charge on any atom is 0.184 e. The van der Waals surface area contributed by atoms with Crippen LogP contribution in [-0.4, -0.2) is 21.0 Å². The normalized spacial score (nSPS) is 14.8. The Morgan fingerprint density at radius 3 is 2.59 bits per heavy atom. The van der Waals surface area contributed by atoms with E-state index < -0.39 is 0 Å². The molecule has 5 nitrogen and oxygen atoms in total. The van der Waals surface area contributed by atoms with Crippen molar-refractivity contribution in [3.63, 3.8) is 0 Å². The van der Waals surface area contributed by atoms with Crippen molar-refractivity contribution in [3.05, 3.63) is 61.1 Å². The van der Waals surface area contributed by atoms with Crippen LogP contribution < -0.4 is 10.1 Å². The van der Waals surface area contributed by atoms with Gasteiger partial charge in [0.15, 0.2) is 5.13 Å². The number of aromatic nitrogens is 3. The molecule has 1 aliphatic carbocycles. The van der Waals surface area contributed by atoms with E-state index in [0.717, 1.165) is 38.1 Å². The predicted molar refractivity (Wildman–Crippen MR) is 118 cm³/mol. The summed E-state index contributed by atoms with van der Waals surface area (Å²) < 4.78 is 7.24. The molecule has 3 heterocycles. The summed E-state index contributed by atoms with van der Waals surface area (Å²) in [5.41, 5.74) is 2.89. The van der Waals surface area contributed by atoms with Crippen molar-refractivity contribution >= 4 is 26.7 Å². The van der Waals surface area contributed by atoms with E-state index in [9.17, 15) is 0 Å². The van der Waals surface area contributed by atoms with Gasteiger partial charge in [0.2, 0.25) is 0 Å². The van der Waals surface area contributed by atoms with Crippen molar-refractivity contribution in [2.75, 3.05) is 5.32 Å². The number of ether oxygens (including phenoxy) is 1. The Morgan fingerprint density at radius 1 is 0.897 bits per heavy atom. The summed E-state index contributed by atoms with van der Waals surface area (Å²) in [6, 6.07) is 14.3. The summed E-state index contributed by atoms with van der Waals surface area (Å²) in [6.07, 6.45) is 11.8. The average Bonchev–Trinajstić information content (AvgIpc) is 3.17. The molecule has 29 heavy (non-hydrogen) atoms. The predicted octanol–water partition coefficient (Wildman–Crippen LogP) is 6.29. The fourth-order valence-electron chi connectivity index (χ4n) is 3.74. The SMILES string of the molecule is c1cc(-c2cc(Oc3ccc4nc(NC5CCCCC5)sc4c3)ccn2)ccn1. The standard InChI is InChI=1S/C23H22N4OS/c1-2-4-17(5-3-1)26-23-27-20-7-6-18(15-22(20)29-23)28-19-10-13-25-21(14-19)16-8-11-24-12-9-16/h6-15,17H,1-5H2,(H,26,27). The van der Waals surface area contributed by atoms with E-state index in [1.807, 2.05) is 36.4 Å². The Balaban J connectivity index is 1.34. The van der Waals surface area contributed by atoms with Crippen LogP contribution in [0.25, 0.3) is 21.5 Å². The maximum absolute atomic E-state index is 6.11. The molecule has 1 fully saturated rings. The zero-order valence-corrected chi connectivity index (χ0v) is 16.9. The summed E-state index contributed by atoms with van der Waals surface area (Å²) in [7, 11) is 0. The number of thiazole rings is 1. The molecule has 1 N–H and O–H groups in total. The summed E-state index contributed by atoms with van der Waals surface area (Å²) >= 11 is 1.69. The van der Waals surface area contributed by atoms with E-state index in [2.05, 4.69) is 21.4 Å². The molecule has 4 aromatic rings. The third-order valence-corrected chi connectivity index (χ3v) is 6.19. The first-order valence-electron chi connectivity index (χ1n) is 10.0. The molecule has 0 atom stereocenters. The molecule has 0 radical (unpaired) electrons. The van der Waals surface area contributed by atoms with Gasteiger partial charge in [0.25, 0.3) is 0 Å². The molecule has 0 bridgehead atoms. The summed E-state index contributed by atoms with van der Waals surface area (Å²) in [5.74, 6) is 1.56. The molecule has 146 valence electrons. The van der Waals surface area contributed by atoms with Gasteiger partial charge in [-0.05, 0) is 43.2 Å². The summed E-state index contributed by atoms with van der Waals surface area (Å²) in [5, 5.41) is 4.63. The number of benzene rings is 1. The van der Waals surface area contributed by atoms with E-state index in [4.69, 9.17) is 9.72 Å². The van der Waals surface area contributed by atoms with Gasteiger partial charge in [-0.15, -0.1) is 0 Å². The fraction of sp³-hybridized carbons (Fsp3) is 0.261. The largest absolute Gasteiger partial charge is 0.457 e. The van der Waals surface area contributed by atoms with Crippen LogP contribution in [0.15, 0.2) is 61.1 Å². The van der Waals surface area contributed by atoms with Crippen LogP contribution in [0.3, 0.4) is 0 Å². The lowest BCUT2D eigenvalue weighted by atomic mass is 9.96. The van der Waals surface area contributed by atoms with Crippen molar-refractivity contribution < 1.29 is 4.74 Å². The van der Waals surface area contributed by atoms with Crippen molar-refractivity contribution in [1.29, 1.82) is 0 Å². The first-order valence-corrected chi connectivity index (χ1v) is 10.9. The number of hydrogen-bond acceptors (Lipinski definition) is 6. The Morgan fingerprint density at radius 2 is 1.72 bits per heavy atom. The third-order valence-electron chi connectivity index (χ3n) is 5.24. The van der Waals surface area contributed by atoms with Gasteiger partial charge in [-0.1, -0.05) is 30.6 Å². The highest BCUT2D eigenvalue weighted by molar-refractivity contribution is 7.22. The van der Waals surface area contributed by atoms with E-state index in [1.54, 1.807) is 29.9 Å². The van der Waals surface area contributed by atoms with Gasteiger partial charge in [0.1, 0.15) is 11.5 Å². The Hall–Kier alpha value is -2.99. The second kappa shape index (κ2) is 8.17. The van der Waals surface area contributed by atoms with Crippen LogP contribution in [0, 0.1) is 0 Å². The lowest BCUT2D eigenvalue weighted by Gasteiger charge is -2.22. The van der Waals surface area contributed by atoms with Crippen molar-refractivity contribution in [2.45, 2.75) is 38.1 Å². The lowest BCUT2D eigenvalue weighted by Crippen LogP contribution is -2.21. The number of fused-ring (bicyclic) bond motifs is 1. The molecule has 0 aliphatic heterocycles. The zero-order chi connectivity index (χ0) is 19.5. The monoisotopic (exact) mass is 402 g/mol. The molecule has 0 spiro atoms. The molecule has 6 heteroatoms.